The Balaban J connectivity index is 1.69. The Bertz CT molecular complexity index is 749. The number of nitrogens with zero attached hydrogens (tertiary/aromatic N) is 3. The molecule has 0 saturated heterocycles. The summed E-state index contributed by atoms with van der Waals surface area (Å²) in [6, 6.07) is 3.74. The van der Waals surface area contributed by atoms with Crippen LogP contribution in [-0.2, 0) is 19.6 Å². The van der Waals surface area contributed by atoms with Crippen LogP contribution in [0.3, 0.4) is 0 Å². The summed E-state index contributed by atoms with van der Waals surface area (Å²) in [4.78, 5) is 5.93. The Morgan fingerprint density at radius 1 is 1.20 bits per heavy atom. The van der Waals surface area contributed by atoms with Crippen molar-refractivity contribution in [2.75, 3.05) is 20.3 Å². The van der Waals surface area contributed by atoms with Crippen LogP contribution >= 0.6 is 15.9 Å². The third kappa shape index (κ3) is 4.66. The average Bonchev–Trinajstić information content (AvgIpc) is 2.93. The van der Waals surface area contributed by atoms with Gasteiger partial charge in [-0.05, 0) is 24.7 Å². The highest BCUT2D eigenvalue weighted by atomic mass is 79.9. The molecule has 0 atom stereocenters. The summed E-state index contributed by atoms with van der Waals surface area (Å²) >= 11 is 3.50. The summed E-state index contributed by atoms with van der Waals surface area (Å²) in [5.41, 5.74) is 0.959. The topological polar surface area (TPSA) is 39.5 Å². The summed E-state index contributed by atoms with van der Waals surface area (Å²) in [7, 11) is 1.83. The molecule has 0 saturated carbocycles. The van der Waals surface area contributed by atoms with Crippen molar-refractivity contribution >= 4 is 15.9 Å². The molecule has 0 spiro atoms. The first-order valence-electron chi connectivity index (χ1n) is 7.65. The van der Waals surface area contributed by atoms with Gasteiger partial charge >= 0.3 is 6.18 Å². The molecule has 1 aliphatic rings. The molecule has 1 aromatic heterocycles. The number of halogens is 4. The van der Waals surface area contributed by atoms with E-state index >= 15 is 0 Å². The van der Waals surface area contributed by atoms with Gasteiger partial charge in [-0.3, -0.25) is 4.90 Å². The Morgan fingerprint density at radius 3 is 2.56 bits per heavy atom. The first-order chi connectivity index (χ1) is 11.8. The van der Waals surface area contributed by atoms with Gasteiger partial charge in [0.05, 0.1) is 6.54 Å². The fourth-order valence-electron chi connectivity index (χ4n) is 2.64. The van der Waals surface area contributed by atoms with E-state index in [0.717, 1.165) is 14.6 Å². The number of imidazole rings is 1. The van der Waals surface area contributed by atoms with Crippen molar-refractivity contribution in [1.29, 1.82) is 0 Å². The van der Waals surface area contributed by atoms with Gasteiger partial charge in [0.1, 0.15) is 25.6 Å². The highest BCUT2D eigenvalue weighted by Crippen LogP contribution is 2.36. The zero-order chi connectivity index (χ0) is 18.0. The molecule has 0 N–H and O–H groups in total. The first kappa shape index (κ1) is 18.1. The van der Waals surface area contributed by atoms with Crippen molar-refractivity contribution in [1.82, 2.24) is 14.5 Å². The summed E-state index contributed by atoms with van der Waals surface area (Å²) in [6.45, 7) is 0.795. The van der Waals surface area contributed by atoms with Crippen LogP contribution in [0.5, 0.6) is 11.5 Å². The van der Waals surface area contributed by atoms with E-state index in [-0.39, 0.29) is 0 Å². The van der Waals surface area contributed by atoms with Crippen molar-refractivity contribution in [2.24, 2.45) is 0 Å². The van der Waals surface area contributed by atoms with Crippen LogP contribution in [0.15, 0.2) is 29.0 Å². The molecule has 3 rings (SSSR count). The van der Waals surface area contributed by atoms with Gasteiger partial charge in [-0.1, -0.05) is 15.9 Å². The number of rotatable bonds is 5. The monoisotopic (exact) mass is 419 g/mol. The van der Waals surface area contributed by atoms with E-state index in [4.69, 9.17) is 9.47 Å². The van der Waals surface area contributed by atoms with Gasteiger partial charge < -0.3 is 14.0 Å². The number of hydrogen-bond donors (Lipinski definition) is 0. The molecule has 0 bridgehead atoms. The number of ether oxygens (including phenoxy) is 2. The third-order valence-electron chi connectivity index (χ3n) is 3.71. The van der Waals surface area contributed by atoms with Gasteiger partial charge in [-0.2, -0.15) is 13.2 Å². The number of benzene rings is 1. The molecule has 1 aliphatic heterocycles. The molecule has 25 heavy (non-hydrogen) atoms. The summed E-state index contributed by atoms with van der Waals surface area (Å²) in [5.74, 6) is 1.73. The molecule has 5 nitrogen and oxygen atoms in total. The zero-order valence-corrected chi connectivity index (χ0v) is 15.1. The van der Waals surface area contributed by atoms with E-state index in [1.165, 1.54) is 12.4 Å². The number of aromatic nitrogens is 2. The Hall–Kier alpha value is -1.74. The van der Waals surface area contributed by atoms with Crippen molar-refractivity contribution in [2.45, 2.75) is 25.8 Å². The van der Waals surface area contributed by atoms with E-state index in [9.17, 15) is 13.2 Å². The van der Waals surface area contributed by atoms with E-state index in [2.05, 4.69) is 20.9 Å². The molecular weight excluding hydrogens is 403 g/mol. The van der Waals surface area contributed by atoms with Crippen LogP contribution in [0.1, 0.15) is 11.4 Å². The SMILES string of the molecule is CN(Cc1cc2c(cc1Br)OCCO2)Cc1nccn1CC(F)(F)F. The summed E-state index contributed by atoms with van der Waals surface area (Å²) in [6.07, 6.45) is -1.54. The molecule has 2 heterocycles. The van der Waals surface area contributed by atoms with E-state index in [1.807, 2.05) is 24.1 Å². The lowest BCUT2D eigenvalue weighted by Crippen LogP contribution is -2.24. The smallest absolute Gasteiger partial charge is 0.406 e. The predicted molar refractivity (Wildman–Crippen MR) is 88.6 cm³/mol. The largest absolute Gasteiger partial charge is 0.486 e. The van der Waals surface area contributed by atoms with Crippen LogP contribution < -0.4 is 9.47 Å². The molecule has 0 aliphatic carbocycles. The molecule has 0 radical (unpaired) electrons. The zero-order valence-electron chi connectivity index (χ0n) is 13.5. The Kier molecular flexibility index (Phi) is 5.24. The lowest BCUT2D eigenvalue weighted by atomic mass is 10.2. The second-order valence-corrected chi connectivity index (χ2v) is 6.70. The second kappa shape index (κ2) is 7.25. The van der Waals surface area contributed by atoms with Gasteiger partial charge in [0.2, 0.25) is 0 Å². The lowest BCUT2D eigenvalue weighted by molar-refractivity contribution is -0.141. The second-order valence-electron chi connectivity index (χ2n) is 5.85. The van der Waals surface area contributed by atoms with Crippen LogP contribution in [0.25, 0.3) is 0 Å². The van der Waals surface area contributed by atoms with Crippen molar-refractivity contribution in [3.63, 3.8) is 0 Å². The molecular formula is C16H17BrF3N3O2. The first-order valence-corrected chi connectivity index (χ1v) is 8.44. The van der Waals surface area contributed by atoms with Crippen LogP contribution in [0.2, 0.25) is 0 Å². The van der Waals surface area contributed by atoms with Crippen LogP contribution in [0, 0.1) is 0 Å². The van der Waals surface area contributed by atoms with E-state index < -0.39 is 12.7 Å². The number of alkyl halides is 3. The van der Waals surface area contributed by atoms with Crippen LogP contribution in [-0.4, -0.2) is 40.9 Å². The van der Waals surface area contributed by atoms with Gasteiger partial charge in [-0.25, -0.2) is 4.98 Å². The van der Waals surface area contributed by atoms with Crippen LogP contribution in [0.4, 0.5) is 13.2 Å². The summed E-state index contributed by atoms with van der Waals surface area (Å²) < 4.78 is 50.9. The number of hydrogen-bond acceptors (Lipinski definition) is 4. The molecule has 0 unspecified atom stereocenters. The molecule has 0 amide bonds. The molecule has 9 heteroatoms. The van der Waals surface area contributed by atoms with Gasteiger partial charge in [0.25, 0.3) is 0 Å². The molecule has 1 aromatic carbocycles. The van der Waals surface area contributed by atoms with Gasteiger partial charge in [0.15, 0.2) is 11.5 Å². The Morgan fingerprint density at radius 2 is 1.88 bits per heavy atom. The maximum Gasteiger partial charge on any atom is 0.406 e. The maximum atomic E-state index is 12.6. The minimum absolute atomic E-state index is 0.296. The predicted octanol–water partition coefficient (Wildman–Crippen LogP) is 3.61. The third-order valence-corrected chi connectivity index (χ3v) is 4.45. The minimum Gasteiger partial charge on any atom is -0.486 e. The van der Waals surface area contributed by atoms with Crippen molar-refractivity contribution in [3.05, 3.63) is 40.4 Å². The quantitative estimate of drug-likeness (QED) is 0.741. The standard InChI is InChI=1S/C16H17BrF3N3O2/c1-22(9-15-21-2-3-23(15)10-16(18,19)20)8-11-6-13-14(7-12(11)17)25-5-4-24-13/h2-3,6-7H,4-5,8-10H2,1H3. The fraction of sp³-hybridized carbons (Fsp3) is 0.438. The van der Waals surface area contributed by atoms with E-state index in [1.54, 1.807) is 0 Å². The average molecular weight is 420 g/mol. The van der Waals surface area contributed by atoms with Crippen molar-refractivity contribution in [3.8, 4) is 11.5 Å². The van der Waals surface area contributed by atoms with Crippen molar-refractivity contribution < 1.29 is 22.6 Å². The lowest BCUT2D eigenvalue weighted by Gasteiger charge is -2.22. The normalized spacial score (nSPS) is 14.2. The number of fused-ring (bicyclic) bond motifs is 1. The van der Waals surface area contributed by atoms with Gasteiger partial charge in [0, 0.05) is 23.4 Å². The van der Waals surface area contributed by atoms with E-state index in [0.29, 0.717) is 43.6 Å². The fourth-order valence-corrected chi connectivity index (χ4v) is 3.09. The molecule has 2 aromatic rings. The highest BCUT2D eigenvalue weighted by Gasteiger charge is 2.29. The molecule has 0 fully saturated rings. The van der Waals surface area contributed by atoms with Gasteiger partial charge in [-0.15, -0.1) is 0 Å². The summed E-state index contributed by atoms with van der Waals surface area (Å²) in [5, 5.41) is 0. The maximum absolute atomic E-state index is 12.6. The highest BCUT2D eigenvalue weighted by molar-refractivity contribution is 9.10. The minimum atomic E-state index is -4.27. The molecule has 136 valence electrons. The Labute approximate surface area is 151 Å².